The predicted octanol–water partition coefficient (Wildman–Crippen LogP) is 4.19. The smallest absolute Gasteiger partial charge is 0.338 e. The summed E-state index contributed by atoms with van der Waals surface area (Å²) in [6.07, 6.45) is 8.70. The molecule has 0 aliphatic heterocycles. The van der Waals surface area contributed by atoms with Crippen molar-refractivity contribution in [1.82, 2.24) is 0 Å². The maximum atomic E-state index is 12.4. The molecule has 0 aromatic heterocycles. The number of ketones is 1. The first-order valence-electron chi connectivity index (χ1n) is 8.52. The van der Waals surface area contributed by atoms with E-state index in [4.69, 9.17) is 4.74 Å². The molecule has 0 spiro atoms. The third-order valence-electron chi connectivity index (χ3n) is 5.56. The van der Waals surface area contributed by atoms with Gasteiger partial charge < -0.3 is 4.74 Å². The minimum absolute atomic E-state index is 0.268. The molecule has 0 unspecified atom stereocenters. The number of hydrogen-bond donors (Lipinski definition) is 0. The maximum absolute atomic E-state index is 12.4. The van der Waals surface area contributed by atoms with Gasteiger partial charge in [0.25, 0.3) is 0 Å². The lowest BCUT2D eigenvalue weighted by Gasteiger charge is -2.36. The van der Waals surface area contributed by atoms with Crippen molar-refractivity contribution in [3.8, 4) is 0 Å². The molecule has 0 bridgehead atoms. The second-order valence-corrected chi connectivity index (χ2v) is 6.96. The number of ether oxygens (including phenoxy) is 1. The first-order chi connectivity index (χ1) is 11.1. The van der Waals surface area contributed by atoms with Crippen LogP contribution in [-0.2, 0) is 9.53 Å². The van der Waals surface area contributed by atoms with E-state index in [2.05, 4.69) is 19.1 Å². The zero-order valence-corrected chi connectivity index (χ0v) is 13.7. The van der Waals surface area contributed by atoms with E-state index in [9.17, 15) is 9.59 Å². The molecule has 3 rings (SSSR count). The molecule has 3 nitrogen and oxygen atoms in total. The van der Waals surface area contributed by atoms with E-state index in [1.807, 2.05) is 18.2 Å². The molecule has 1 aromatic carbocycles. The largest absolute Gasteiger partial charge is 0.462 e. The number of hydrogen-bond acceptors (Lipinski definition) is 3. The summed E-state index contributed by atoms with van der Waals surface area (Å²) in [6, 6.07) is 9.10. The summed E-state index contributed by atoms with van der Waals surface area (Å²) < 4.78 is 5.58. The van der Waals surface area contributed by atoms with Crippen LogP contribution in [0.3, 0.4) is 0 Å². The Hall–Kier alpha value is -1.90. The molecule has 2 aliphatic carbocycles. The van der Waals surface area contributed by atoms with Crippen LogP contribution in [0.4, 0.5) is 0 Å². The van der Waals surface area contributed by atoms with Crippen molar-refractivity contribution in [3.63, 3.8) is 0 Å². The highest BCUT2D eigenvalue weighted by Crippen LogP contribution is 2.49. The fourth-order valence-electron chi connectivity index (χ4n) is 4.12. The second kappa shape index (κ2) is 6.69. The van der Waals surface area contributed by atoms with Gasteiger partial charge in [-0.1, -0.05) is 37.3 Å². The summed E-state index contributed by atoms with van der Waals surface area (Å²) in [6.45, 7) is 2.50. The van der Waals surface area contributed by atoms with Crippen molar-refractivity contribution < 1.29 is 14.3 Å². The van der Waals surface area contributed by atoms with Gasteiger partial charge >= 0.3 is 5.97 Å². The van der Waals surface area contributed by atoms with Crippen LogP contribution in [-0.4, -0.2) is 18.4 Å². The number of carbonyl (C=O) groups excluding carboxylic acids is 2. The second-order valence-electron chi connectivity index (χ2n) is 6.96. The molecule has 122 valence electrons. The van der Waals surface area contributed by atoms with Crippen LogP contribution < -0.4 is 0 Å². The van der Waals surface area contributed by atoms with Gasteiger partial charge in [0.05, 0.1) is 12.2 Å². The van der Waals surface area contributed by atoms with Crippen molar-refractivity contribution in [2.45, 2.75) is 39.0 Å². The van der Waals surface area contributed by atoms with Gasteiger partial charge in [-0.2, -0.15) is 0 Å². The molecule has 0 saturated heterocycles. The number of esters is 1. The van der Waals surface area contributed by atoms with Crippen LogP contribution in [0.15, 0.2) is 42.5 Å². The number of carbonyl (C=O) groups is 2. The minimum atomic E-state index is -0.277. The molecule has 0 N–H and O–H groups in total. The van der Waals surface area contributed by atoms with E-state index in [0.717, 1.165) is 25.7 Å². The Morgan fingerprint density at radius 1 is 1.22 bits per heavy atom. The van der Waals surface area contributed by atoms with Crippen molar-refractivity contribution in [2.24, 2.45) is 17.3 Å². The number of rotatable bonds is 3. The Bertz CT molecular complexity index is 605. The van der Waals surface area contributed by atoms with Gasteiger partial charge in [0.15, 0.2) is 0 Å². The molecule has 0 radical (unpaired) electrons. The molecular formula is C20H24O3. The van der Waals surface area contributed by atoms with Gasteiger partial charge in [0, 0.05) is 11.8 Å². The third kappa shape index (κ3) is 3.24. The molecule has 3 atom stereocenters. The van der Waals surface area contributed by atoms with E-state index in [-0.39, 0.29) is 17.3 Å². The molecule has 23 heavy (non-hydrogen) atoms. The highest BCUT2D eigenvalue weighted by molar-refractivity contribution is 5.89. The van der Waals surface area contributed by atoms with E-state index in [0.29, 0.717) is 30.3 Å². The van der Waals surface area contributed by atoms with Crippen molar-refractivity contribution in [2.75, 3.05) is 6.61 Å². The molecular weight excluding hydrogens is 288 g/mol. The van der Waals surface area contributed by atoms with Crippen LogP contribution in [0, 0.1) is 17.3 Å². The summed E-state index contributed by atoms with van der Waals surface area (Å²) in [7, 11) is 0. The molecule has 3 heteroatoms. The van der Waals surface area contributed by atoms with Gasteiger partial charge in [-0.25, -0.2) is 4.79 Å². The Morgan fingerprint density at radius 3 is 2.78 bits per heavy atom. The summed E-state index contributed by atoms with van der Waals surface area (Å²) >= 11 is 0. The summed E-state index contributed by atoms with van der Waals surface area (Å²) in [5, 5.41) is 0. The molecule has 0 amide bonds. The summed E-state index contributed by atoms with van der Waals surface area (Å²) in [5.74, 6) is 0.690. The summed E-state index contributed by atoms with van der Waals surface area (Å²) in [4.78, 5) is 24.5. The van der Waals surface area contributed by atoms with Crippen LogP contribution in [0.5, 0.6) is 0 Å². The van der Waals surface area contributed by atoms with E-state index >= 15 is 0 Å². The highest BCUT2D eigenvalue weighted by Gasteiger charge is 2.48. The molecule has 0 heterocycles. The molecule has 2 aliphatic rings. The number of allylic oxidation sites excluding steroid dienone is 2. The zero-order chi connectivity index (χ0) is 16.3. The Labute approximate surface area is 137 Å². The zero-order valence-electron chi connectivity index (χ0n) is 13.7. The quantitative estimate of drug-likeness (QED) is 0.621. The normalized spacial score (nSPS) is 31.8. The van der Waals surface area contributed by atoms with Gasteiger partial charge in [0.1, 0.15) is 5.78 Å². The van der Waals surface area contributed by atoms with Crippen LogP contribution in [0.2, 0.25) is 0 Å². The Balaban J connectivity index is 1.70. The maximum Gasteiger partial charge on any atom is 0.338 e. The standard InChI is InChI=1S/C20H24O3/c1-20-13-7-3-6-10-16(17(20)11-12-18(20)21)14-23-19(22)15-8-4-2-5-9-15/h2-5,7-9,16-17H,6,10-14H2,1H3/b7-3-/t16-,17+,20+/m0/s1. The average Bonchev–Trinajstić information content (AvgIpc) is 2.84. The van der Waals surface area contributed by atoms with Gasteiger partial charge in [-0.3, -0.25) is 4.79 Å². The third-order valence-corrected chi connectivity index (χ3v) is 5.56. The molecule has 1 fully saturated rings. The van der Waals surface area contributed by atoms with Gasteiger partial charge in [0.2, 0.25) is 0 Å². The lowest BCUT2D eigenvalue weighted by Crippen LogP contribution is -2.36. The van der Waals surface area contributed by atoms with Gasteiger partial charge in [-0.05, 0) is 49.7 Å². The molecule has 1 aromatic rings. The Kier molecular flexibility index (Phi) is 4.65. The number of fused-ring (bicyclic) bond motifs is 1. The SMILES string of the molecule is C[C@@]12C/C=C\CC[C@@H](COC(=O)c3ccccc3)[C@H]1CCC2=O. The molecule has 1 saturated carbocycles. The van der Waals surface area contributed by atoms with Gasteiger partial charge in [-0.15, -0.1) is 0 Å². The van der Waals surface area contributed by atoms with Crippen LogP contribution in [0.1, 0.15) is 49.4 Å². The Morgan fingerprint density at radius 2 is 2.00 bits per heavy atom. The van der Waals surface area contributed by atoms with Crippen molar-refractivity contribution in [1.29, 1.82) is 0 Å². The highest BCUT2D eigenvalue weighted by atomic mass is 16.5. The van der Waals surface area contributed by atoms with E-state index in [1.165, 1.54) is 0 Å². The van der Waals surface area contributed by atoms with Crippen LogP contribution >= 0.6 is 0 Å². The first-order valence-corrected chi connectivity index (χ1v) is 8.52. The number of Topliss-reactive ketones (excluding diaryl/α,β-unsaturated/α-hetero) is 1. The van der Waals surface area contributed by atoms with E-state index < -0.39 is 0 Å². The van der Waals surface area contributed by atoms with Crippen LogP contribution in [0.25, 0.3) is 0 Å². The lowest BCUT2D eigenvalue weighted by atomic mass is 9.68. The fourth-order valence-corrected chi connectivity index (χ4v) is 4.12. The van der Waals surface area contributed by atoms with Crippen molar-refractivity contribution >= 4 is 11.8 Å². The monoisotopic (exact) mass is 312 g/mol. The van der Waals surface area contributed by atoms with E-state index in [1.54, 1.807) is 12.1 Å². The lowest BCUT2D eigenvalue weighted by molar-refractivity contribution is -0.127. The average molecular weight is 312 g/mol. The predicted molar refractivity (Wildman–Crippen MR) is 89.0 cm³/mol. The van der Waals surface area contributed by atoms with Crippen molar-refractivity contribution in [3.05, 3.63) is 48.0 Å². The number of benzene rings is 1. The fraction of sp³-hybridized carbons (Fsp3) is 0.500. The first kappa shape index (κ1) is 16.0. The topological polar surface area (TPSA) is 43.4 Å². The summed E-state index contributed by atoms with van der Waals surface area (Å²) in [5.41, 5.74) is 0.310. The minimum Gasteiger partial charge on any atom is -0.462 e.